The highest BCUT2D eigenvalue weighted by Gasteiger charge is 2.26. The van der Waals surface area contributed by atoms with Crippen molar-refractivity contribution in [3.05, 3.63) is 52.1 Å². The number of halogens is 2. The summed E-state index contributed by atoms with van der Waals surface area (Å²) in [5, 5.41) is 13.4. The van der Waals surface area contributed by atoms with Crippen LogP contribution < -0.4 is 0 Å². The predicted octanol–water partition coefficient (Wildman–Crippen LogP) is 3.01. The standard InChI is InChI=1S/C14H11ClFN3O/c1-8-12(7-19(2)18-8)14(20)11(6-17)10-4-3-9(16)5-13(10)15/h3-5,7,11H,1-2H3. The Bertz CT molecular complexity index is 718. The number of aromatic nitrogens is 2. The van der Waals surface area contributed by atoms with E-state index >= 15 is 0 Å². The van der Waals surface area contributed by atoms with Gasteiger partial charge in [0.1, 0.15) is 11.7 Å². The molecule has 2 rings (SSSR count). The molecule has 0 aliphatic carbocycles. The highest BCUT2D eigenvalue weighted by molar-refractivity contribution is 6.31. The van der Waals surface area contributed by atoms with Crippen molar-refractivity contribution < 1.29 is 9.18 Å². The molecule has 0 spiro atoms. The molecule has 0 radical (unpaired) electrons. The van der Waals surface area contributed by atoms with Gasteiger partial charge < -0.3 is 0 Å². The maximum atomic E-state index is 13.0. The second kappa shape index (κ2) is 5.43. The van der Waals surface area contributed by atoms with Crippen LogP contribution >= 0.6 is 11.6 Å². The summed E-state index contributed by atoms with van der Waals surface area (Å²) in [4.78, 5) is 12.4. The van der Waals surface area contributed by atoms with Crippen LogP contribution in [0.25, 0.3) is 0 Å². The van der Waals surface area contributed by atoms with Crippen LogP contribution in [-0.4, -0.2) is 15.6 Å². The molecular formula is C14H11ClFN3O. The Morgan fingerprint density at radius 3 is 2.75 bits per heavy atom. The van der Waals surface area contributed by atoms with E-state index in [0.29, 0.717) is 16.8 Å². The van der Waals surface area contributed by atoms with E-state index in [2.05, 4.69) is 5.10 Å². The van der Waals surface area contributed by atoms with Gasteiger partial charge in [-0.25, -0.2) is 4.39 Å². The number of Topliss-reactive ketones (excluding diaryl/α,β-unsaturated/α-hetero) is 1. The number of benzene rings is 1. The topological polar surface area (TPSA) is 58.7 Å². The Labute approximate surface area is 120 Å². The molecule has 0 fully saturated rings. The van der Waals surface area contributed by atoms with Gasteiger partial charge in [-0.3, -0.25) is 9.48 Å². The Hall–Kier alpha value is -2.19. The Morgan fingerprint density at radius 2 is 2.25 bits per heavy atom. The number of hydrogen-bond acceptors (Lipinski definition) is 3. The van der Waals surface area contributed by atoms with Crippen molar-refractivity contribution in [2.45, 2.75) is 12.8 Å². The molecule has 20 heavy (non-hydrogen) atoms. The molecule has 1 aromatic heterocycles. The first kappa shape index (κ1) is 14.2. The van der Waals surface area contributed by atoms with Crippen LogP contribution in [0.1, 0.15) is 27.5 Å². The predicted molar refractivity (Wildman–Crippen MR) is 72.0 cm³/mol. The minimum Gasteiger partial charge on any atom is -0.292 e. The normalized spacial score (nSPS) is 11.9. The number of hydrogen-bond donors (Lipinski definition) is 0. The fraction of sp³-hybridized carbons (Fsp3) is 0.214. The molecule has 0 saturated carbocycles. The Balaban J connectivity index is 2.45. The molecule has 0 bridgehead atoms. The smallest absolute Gasteiger partial charge is 0.187 e. The minimum absolute atomic E-state index is 0.0615. The lowest BCUT2D eigenvalue weighted by Crippen LogP contribution is -2.12. The Kier molecular flexibility index (Phi) is 3.86. The van der Waals surface area contributed by atoms with Gasteiger partial charge in [-0.15, -0.1) is 0 Å². The van der Waals surface area contributed by atoms with Gasteiger partial charge in [-0.05, 0) is 24.6 Å². The quantitative estimate of drug-likeness (QED) is 0.817. The summed E-state index contributed by atoms with van der Waals surface area (Å²) in [7, 11) is 1.69. The molecule has 0 aliphatic rings. The first-order chi connectivity index (χ1) is 9.43. The third-order valence-electron chi connectivity index (χ3n) is 2.94. The van der Waals surface area contributed by atoms with Gasteiger partial charge in [0.25, 0.3) is 0 Å². The van der Waals surface area contributed by atoms with Crippen LogP contribution in [0.15, 0.2) is 24.4 Å². The highest BCUT2D eigenvalue weighted by atomic mass is 35.5. The zero-order valence-electron chi connectivity index (χ0n) is 10.9. The number of carbonyl (C=O) groups excluding carboxylic acids is 1. The minimum atomic E-state index is -1.08. The summed E-state index contributed by atoms with van der Waals surface area (Å²) in [5.41, 5.74) is 1.19. The number of carbonyl (C=O) groups is 1. The zero-order valence-corrected chi connectivity index (χ0v) is 11.6. The molecule has 102 valence electrons. The number of nitrogens with zero attached hydrogens (tertiary/aromatic N) is 3. The van der Waals surface area contributed by atoms with Crippen molar-refractivity contribution >= 4 is 17.4 Å². The molecule has 4 nitrogen and oxygen atoms in total. The lowest BCUT2D eigenvalue weighted by molar-refractivity contribution is 0.0978. The molecule has 0 aliphatic heterocycles. The second-order valence-corrected chi connectivity index (χ2v) is 4.80. The van der Waals surface area contributed by atoms with Gasteiger partial charge in [-0.2, -0.15) is 10.4 Å². The summed E-state index contributed by atoms with van der Waals surface area (Å²) in [6.45, 7) is 1.69. The van der Waals surface area contributed by atoms with E-state index in [4.69, 9.17) is 11.6 Å². The van der Waals surface area contributed by atoms with Crippen LogP contribution in [0.4, 0.5) is 4.39 Å². The molecule has 1 unspecified atom stereocenters. The number of aryl methyl sites for hydroxylation is 2. The fourth-order valence-corrected chi connectivity index (χ4v) is 2.28. The molecular weight excluding hydrogens is 281 g/mol. The van der Waals surface area contributed by atoms with E-state index in [0.717, 1.165) is 6.07 Å². The van der Waals surface area contributed by atoms with Crippen molar-refractivity contribution in [2.75, 3.05) is 0 Å². The summed E-state index contributed by atoms with van der Waals surface area (Å²) >= 11 is 5.92. The van der Waals surface area contributed by atoms with Gasteiger partial charge in [-0.1, -0.05) is 17.7 Å². The summed E-state index contributed by atoms with van der Waals surface area (Å²) in [6, 6.07) is 5.54. The van der Waals surface area contributed by atoms with Crippen LogP contribution in [0.5, 0.6) is 0 Å². The largest absolute Gasteiger partial charge is 0.292 e. The van der Waals surface area contributed by atoms with Crippen LogP contribution in [0.2, 0.25) is 5.02 Å². The third-order valence-corrected chi connectivity index (χ3v) is 3.27. The molecule has 1 aromatic carbocycles. The average molecular weight is 292 g/mol. The van der Waals surface area contributed by atoms with Gasteiger partial charge >= 0.3 is 0 Å². The van der Waals surface area contributed by atoms with E-state index < -0.39 is 17.5 Å². The van der Waals surface area contributed by atoms with Crippen LogP contribution in [0, 0.1) is 24.1 Å². The number of nitriles is 1. The van der Waals surface area contributed by atoms with Crippen molar-refractivity contribution in [1.29, 1.82) is 5.26 Å². The monoisotopic (exact) mass is 291 g/mol. The molecule has 0 N–H and O–H groups in total. The molecule has 1 atom stereocenters. The summed E-state index contributed by atoms with van der Waals surface area (Å²) < 4.78 is 14.5. The molecule has 6 heteroatoms. The van der Waals surface area contributed by atoms with Gasteiger partial charge in [0, 0.05) is 18.3 Å². The zero-order chi connectivity index (χ0) is 14.9. The van der Waals surface area contributed by atoms with Crippen molar-refractivity contribution in [3.63, 3.8) is 0 Å². The average Bonchev–Trinajstić information content (AvgIpc) is 2.71. The van der Waals surface area contributed by atoms with Gasteiger partial charge in [0.05, 0.1) is 17.3 Å². The van der Waals surface area contributed by atoms with E-state index in [1.165, 1.54) is 16.8 Å². The van der Waals surface area contributed by atoms with Crippen LogP contribution in [0.3, 0.4) is 0 Å². The molecule has 2 aromatic rings. The first-order valence-corrected chi connectivity index (χ1v) is 6.21. The number of rotatable bonds is 3. The lowest BCUT2D eigenvalue weighted by Gasteiger charge is -2.09. The van der Waals surface area contributed by atoms with Gasteiger partial charge in [0.15, 0.2) is 5.78 Å². The maximum Gasteiger partial charge on any atom is 0.187 e. The lowest BCUT2D eigenvalue weighted by atomic mass is 9.92. The van der Waals surface area contributed by atoms with Crippen LogP contribution in [-0.2, 0) is 7.05 Å². The van der Waals surface area contributed by atoms with E-state index in [-0.39, 0.29) is 5.02 Å². The summed E-state index contributed by atoms with van der Waals surface area (Å²) in [5.74, 6) is -1.99. The molecule has 1 heterocycles. The second-order valence-electron chi connectivity index (χ2n) is 4.39. The van der Waals surface area contributed by atoms with Crippen molar-refractivity contribution in [3.8, 4) is 6.07 Å². The van der Waals surface area contributed by atoms with Crippen molar-refractivity contribution in [2.24, 2.45) is 7.05 Å². The van der Waals surface area contributed by atoms with E-state index in [1.807, 2.05) is 6.07 Å². The third kappa shape index (κ3) is 2.56. The van der Waals surface area contributed by atoms with E-state index in [1.54, 1.807) is 20.2 Å². The highest BCUT2D eigenvalue weighted by Crippen LogP contribution is 2.28. The number of ketones is 1. The van der Waals surface area contributed by atoms with Crippen molar-refractivity contribution in [1.82, 2.24) is 9.78 Å². The van der Waals surface area contributed by atoms with Gasteiger partial charge in [0.2, 0.25) is 0 Å². The molecule has 0 saturated heterocycles. The van der Waals surface area contributed by atoms with E-state index in [9.17, 15) is 14.4 Å². The first-order valence-electron chi connectivity index (χ1n) is 5.83. The Morgan fingerprint density at radius 1 is 1.55 bits per heavy atom. The molecule has 0 amide bonds. The fourth-order valence-electron chi connectivity index (χ4n) is 2.00. The maximum absolute atomic E-state index is 13.0. The SMILES string of the molecule is Cc1nn(C)cc1C(=O)C(C#N)c1ccc(F)cc1Cl. The summed E-state index contributed by atoms with van der Waals surface area (Å²) in [6.07, 6.45) is 1.55.